The predicted molar refractivity (Wildman–Crippen MR) is 154 cm³/mol. The van der Waals surface area contributed by atoms with Crippen LogP contribution in [-0.2, 0) is 0 Å². The van der Waals surface area contributed by atoms with Gasteiger partial charge in [0.1, 0.15) is 0 Å². The molecule has 0 N–H and O–H groups in total. The van der Waals surface area contributed by atoms with E-state index in [9.17, 15) is 0 Å². The van der Waals surface area contributed by atoms with Crippen molar-refractivity contribution in [3.63, 3.8) is 0 Å². The van der Waals surface area contributed by atoms with Gasteiger partial charge in [0.2, 0.25) is 0 Å². The van der Waals surface area contributed by atoms with Gasteiger partial charge in [-0.15, -0.1) is 0 Å². The van der Waals surface area contributed by atoms with Gasteiger partial charge in [0, 0.05) is 0 Å². The Morgan fingerprint density at radius 2 is 0.941 bits per heavy atom. The van der Waals surface area contributed by atoms with Crippen molar-refractivity contribution in [3.05, 3.63) is 91.1 Å². The molecule has 2 aliphatic rings. The van der Waals surface area contributed by atoms with Crippen LogP contribution in [0.4, 0.5) is 0 Å². The Balaban J connectivity index is 2.12. The van der Waals surface area contributed by atoms with Crippen molar-refractivity contribution < 1.29 is 0 Å². The topological polar surface area (TPSA) is 6.48 Å². The summed E-state index contributed by atoms with van der Waals surface area (Å²) in [5.41, 5.74) is 5.85. The third-order valence-corrected chi connectivity index (χ3v) is 39.6. The fourth-order valence-electron chi connectivity index (χ4n) is 7.05. The summed E-state index contributed by atoms with van der Waals surface area (Å²) in [5.74, 6) is 0. The van der Waals surface area contributed by atoms with Crippen LogP contribution in [0.1, 0.15) is 66.5 Å². The second-order valence-electron chi connectivity index (χ2n) is 12.3. The molecule has 0 amide bonds. The zero-order valence-electron chi connectivity index (χ0n) is 22.8. The SMILES string of the molecule is C/C(=[C]1C=C/[C](=C(/C)c2ccccc2)[Sn]/12[N](C(C)(C)C)[Si](C)(C)[N]2C(C)(C)C)c1ccccc1. The molecule has 2 nitrogen and oxygen atoms in total. The van der Waals surface area contributed by atoms with Crippen LogP contribution in [0.5, 0.6) is 0 Å². The van der Waals surface area contributed by atoms with E-state index in [1.165, 1.54) is 22.3 Å². The Kier molecular flexibility index (Phi) is 6.51. The van der Waals surface area contributed by atoms with Crippen LogP contribution >= 0.6 is 0 Å². The molecule has 4 heteroatoms. The van der Waals surface area contributed by atoms with Gasteiger partial charge in [0.15, 0.2) is 0 Å². The van der Waals surface area contributed by atoms with Crippen molar-refractivity contribution in [2.45, 2.75) is 79.6 Å². The van der Waals surface area contributed by atoms with Crippen molar-refractivity contribution in [3.8, 4) is 0 Å². The molecule has 4 rings (SSSR count). The van der Waals surface area contributed by atoms with Crippen molar-refractivity contribution in [2.75, 3.05) is 0 Å². The summed E-state index contributed by atoms with van der Waals surface area (Å²) in [6.07, 6.45) is 5.00. The van der Waals surface area contributed by atoms with E-state index in [1.807, 2.05) is 0 Å². The van der Waals surface area contributed by atoms with E-state index >= 15 is 0 Å². The van der Waals surface area contributed by atoms with E-state index in [2.05, 4.69) is 147 Å². The number of hydrogen-bond donors (Lipinski definition) is 0. The molecule has 0 unspecified atom stereocenters. The van der Waals surface area contributed by atoms with E-state index in [1.54, 1.807) is 7.18 Å². The molecule has 180 valence electrons. The molecule has 2 aromatic rings. The summed E-state index contributed by atoms with van der Waals surface area (Å²) < 4.78 is 9.46. The maximum absolute atomic E-state index is 3.51. The second kappa shape index (κ2) is 8.61. The molecule has 0 radical (unpaired) electrons. The van der Waals surface area contributed by atoms with Gasteiger partial charge in [-0.25, -0.2) is 0 Å². The van der Waals surface area contributed by atoms with E-state index in [0.717, 1.165) is 0 Å². The molecule has 0 aliphatic carbocycles. The Hall–Kier alpha value is -1.40. The van der Waals surface area contributed by atoms with Gasteiger partial charge in [-0.3, -0.25) is 0 Å². The number of nitrogens with zero attached hydrogens (tertiary/aromatic N) is 2. The summed E-state index contributed by atoms with van der Waals surface area (Å²) in [5, 5.41) is 0. The number of benzene rings is 2. The van der Waals surface area contributed by atoms with Crippen LogP contribution in [-0.4, -0.2) is 44.0 Å². The second-order valence-corrected chi connectivity index (χ2v) is 28.2. The third kappa shape index (κ3) is 3.83. The summed E-state index contributed by atoms with van der Waals surface area (Å²) in [4.78, 5) is 0. The fourth-order valence-corrected chi connectivity index (χ4v) is 45.6. The summed E-state index contributed by atoms with van der Waals surface area (Å²) in [6.45, 7) is 24.6. The molecule has 1 fully saturated rings. The molecule has 1 saturated heterocycles. The molecule has 2 heterocycles. The minimum atomic E-state index is -3.51. The van der Waals surface area contributed by atoms with Crippen molar-refractivity contribution in [2.24, 2.45) is 0 Å². The van der Waals surface area contributed by atoms with Crippen LogP contribution in [0, 0.1) is 0 Å². The van der Waals surface area contributed by atoms with Crippen LogP contribution in [0.2, 0.25) is 13.1 Å². The average molecular weight is 577 g/mol. The number of hydrogen-bond acceptors (Lipinski definition) is 2. The number of allylic oxidation sites excluding steroid dienone is 6. The Morgan fingerprint density at radius 3 is 1.24 bits per heavy atom. The molecular weight excluding hydrogens is 535 g/mol. The van der Waals surface area contributed by atoms with Crippen LogP contribution in [0.15, 0.2) is 80.0 Å². The summed E-state index contributed by atoms with van der Waals surface area (Å²) in [7, 11) is -1.84. The van der Waals surface area contributed by atoms with Crippen molar-refractivity contribution >= 4 is 38.5 Å². The molecule has 0 aromatic heterocycles. The van der Waals surface area contributed by atoms with Gasteiger partial charge in [-0.1, -0.05) is 0 Å². The Morgan fingerprint density at radius 1 is 0.618 bits per heavy atom. The molecule has 0 bridgehead atoms. The molecule has 2 aromatic carbocycles. The zero-order chi connectivity index (χ0) is 25.1. The molecule has 0 saturated carbocycles. The average Bonchev–Trinajstić information content (AvgIpc) is 3.11. The van der Waals surface area contributed by atoms with E-state index in [4.69, 9.17) is 0 Å². The van der Waals surface area contributed by atoms with E-state index in [-0.39, 0.29) is 11.1 Å². The van der Waals surface area contributed by atoms with E-state index in [0.29, 0.717) is 0 Å². The molecule has 34 heavy (non-hydrogen) atoms. The van der Waals surface area contributed by atoms with Crippen LogP contribution < -0.4 is 0 Å². The minimum absolute atomic E-state index is 0.115. The van der Waals surface area contributed by atoms with Gasteiger partial charge in [0.25, 0.3) is 0 Å². The van der Waals surface area contributed by atoms with Gasteiger partial charge in [0.05, 0.1) is 0 Å². The van der Waals surface area contributed by atoms with Crippen LogP contribution in [0.3, 0.4) is 0 Å². The normalized spacial score (nSPS) is 23.2. The first-order valence-electron chi connectivity index (χ1n) is 12.6. The number of rotatable bonds is 2. The monoisotopic (exact) mass is 578 g/mol. The quantitative estimate of drug-likeness (QED) is 0.335. The summed E-state index contributed by atoms with van der Waals surface area (Å²) >= 11 is -3.51. The Labute approximate surface area is 213 Å². The van der Waals surface area contributed by atoms with Crippen molar-refractivity contribution in [1.82, 2.24) is 5.57 Å². The fraction of sp³-hybridized carbons (Fsp3) is 0.400. The molecular formula is C30H42N2SiSn. The summed E-state index contributed by atoms with van der Waals surface area (Å²) in [6, 6.07) is 22.1. The molecule has 1 spiro atoms. The maximum atomic E-state index is 3.10. The first kappa shape index (κ1) is 25.7. The first-order valence-corrected chi connectivity index (χ1v) is 20.9. The first-order chi connectivity index (χ1) is 15.7. The predicted octanol–water partition coefficient (Wildman–Crippen LogP) is 7.94. The zero-order valence-corrected chi connectivity index (χ0v) is 26.7. The van der Waals surface area contributed by atoms with Gasteiger partial charge in [-0.05, 0) is 0 Å². The Bertz CT molecular complexity index is 1070. The van der Waals surface area contributed by atoms with Gasteiger partial charge in [-0.2, -0.15) is 0 Å². The molecule has 2 aliphatic heterocycles. The van der Waals surface area contributed by atoms with Gasteiger partial charge < -0.3 is 0 Å². The van der Waals surface area contributed by atoms with E-state index < -0.39 is 27.3 Å². The van der Waals surface area contributed by atoms with Crippen LogP contribution in [0.25, 0.3) is 11.1 Å². The van der Waals surface area contributed by atoms with Crippen molar-refractivity contribution in [1.29, 1.82) is 0 Å². The molecule has 0 atom stereocenters. The standard InChI is InChI=1S/C20H18.C10H24N2Si.Sn/c1-17(19-13-5-3-6-14-19)11-9-10-12-18(2)20-15-7-4-8-16-20;1-9(2,3)11-13(7,8)12-10(4,5)6;/h3-10,13-16H,1-2H3;1-8H3;/q;-2;+2. The third-order valence-electron chi connectivity index (χ3n) is 7.47. The van der Waals surface area contributed by atoms with Gasteiger partial charge >= 0.3 is 215 Å².